The van der Waals surface area contributed by atoms with E-state index in [-0.39, 0.29) is 5.91 Å². The molecule has 152 valence electrons. The Kier molecular flexibility index (Phi) is 9.09. The number of carbonyl (C=O) groups excluding carboxylic acids is 2. The van der Waals surface area contributed by atoms with Crippen molar-refractivity contribution in [3.8, 4) is 0 Å². The van der Waals surface area contributed by atoms with Gasteiger partial charge >= 0.3 is 6.09 Å². The average Bonchev–Trinajstić information content (AvgIpc) is 2.51. The lowest BCUT2D eigenvalue weighted by atomic mass is 9.94. The van der Waals surface area contributed by atoms with Crippen LogP contribution in [0.1, 0.15) is 54.4 Å². The number of hydrogen-bond donors (Lipinski definition) is 2. The Bertz CT molecular complexity index is 595. The van der Waals surface area contributed by atoms with Gasteiger partial charge in [-0.05, 0) is 62.7 Å². The Labute approximate surface area is 167 Å². The van der Waals surface area contributed by atoms with E-state index in [0.717, 1.165) is 17.9 Å². The van der Waals surface area contributed by atoms with Crippen LogP contribution in [0.25, 0.3) is 0 Å². The summed E-state index contributed by atoms with van der Waals surface area (Å²) in [6.07, 6.45) is 4.25. The lowest BCUT2D eigenvalue weighted by Gasteiger charge is -2.23. The van der Waals surface area contributed by atoms with Gasteiger partial charge in [-0.3, -0.25) is 9.78 Å². The molecule has 0 aliphatic heterocycles. The highest BCUT2D eigenvalue weighted by atomic mass is 32.2. The molecule has 7 heteroatoms. The molecule has 0 fully saturated rings. The minimum Gasteiger partial charge on any atom is -0.444 e. The van der Waals surface area contributed by atoms with Gasteiger partial charge in [0.2, 0.25) is 5.91 Å². The molecule has 1 heterocycles. The topological polar surface area (TPSA) is 80.3 Å². The Balaban J connectivity index is 2.62. The molecule has 0 saturated carbocycles. The van der Waals surface area contributed by atoms with Crippen molar-refractivity contribution in [2.45, 2.75) is 66.0 Å². The lowest BCUT2D eigenvalue weighted by molar-refractivity contribution is -0.118. The zero-order valence-corrected chi connectivity index (χ0v) is 18.1. The van der Waals surface area contributed by atoms with E-state index < -0.39 is 17.7 Å². The number of rotatable bonds is 8. The third-order valence-corrected chi connectivity index (χ3v) is 4.50. The van der Waals surface area contributed by atoms with Crippen molar-refractivity contribution in [2.24, 2.45) is 5.41 Å². The molecule has 6 nitrogen and oxygen atoms in total. The fourth-order valence-electron chi connectivity index (χ4n) is 2.07. The second-order valence-corrected chi connectivity index (χ2v) is 9.87. The predicted molar refractivity (Wildman–Crippen MR) is 112 cm³/mol. The molecule has 1 aromatic heterocycles. The smallest absolute Gasteiger partial charge is 0.408 e. The van der Waals surface area contributed by atoms with E-state index >= 15 is 0 Å². The van der Waals surface area contributed by atoms with E-state index in [1.54, 1.807) is 57.1 Å². The summed E-state index contributed by atoms with van der Waals surface area (Å²) in [6, 6.07) is 2.84. The molecule has 0 saturated heterocycles. The molecule has 0 aromatic carbocycles. The van der Waals surface area contributed by atoms with Crippen LogP contribution in [0.3, 0.4) is 0 Å². The van der Waals surface area contributed by atoms with Crippen LogP contribution < -0.4 is 10.6 Å². The Hall–Kier alpha value is -1.76. The summed E-state index contributed by atoms with van der Waals surface area (Å²) in [5.41, 5.74) is 0.272. The number of carbonyl (C=O) groups is 2. The number of nitrogens with one attached hydrogen (secondary N) is 2. The first-order valence-electron chi connectivity index (χ1n) is 9.24. The molecular weight excluding hydrogens is 362 g/mol. The average molecular weight is 396 g/mol. The summed E-state index contributed by atoms with van der Waals surface area (Å²) in [6.45, 7) is 12.0. The quantitative estimate of drug-likeness (QED) is 0.635. The number of aromatic nitrogens is 1. The molecule has 1 atom stereocenters. The third kappa shape index (κ3) is 11.5. The number of hydrogen-bond acceptors (Lipinski definition) is 5. The van der Waals surface area contributed by atoms with Crippen molar-refractivity contribution in [3.05, 3.63) is 24.5 Å². The predicted octanol–water partition coefficient (Wildman–Crippen LogP) is 4.47. The van der Waals surface area contributed by atoms with Crippen LogP contribution in [0.5, 0.6) is 0 Å². The van der Waals surface area contributed by atoms with Gasteiger partial charge in [0.1, 0.15) is 11.6 Å². The van der Waals surface area contributed by atoms with Crippen molar-refractivity contribution in [1.29, 1.82) is 0 Å². The zero-order chi connectivity index (χ0) is 20.5. The lowest BCUT2D eigenvalue weighted by Crippen LogP contribution is -2.46. The first-order chi connectivity index (χ1) is 12.5. The minimum atomic E-state index is -0.665. The molecule has 0 aliphatic carbocycles. The maximum atomic E-state index is 12.6. The summed E-state index contributed by atoms with van der Waals surface area (Å²) in [5.74, 6) is 1.52. The molecule has 0 spiro atoms. The molecule has 2 N–H and O–H groups in total. The van der Waals surface area contributed by atoms with E-state index in [2.05, 4.69) is 36.4 Å². The fourth-order valence-corrected chi connectivity index (χ4v) is 3.43. The summed E-state index contributed by atoms with van der Waals surface area (Å²) in [7, 11) is 0. The number of thioether (sulfide) groups is 1. The largest absolute Gasteiger partial charge is 0.444 e. The van der Waals surface area contributed by atoms with Crippen LogP contribution in [0.4, 0.5) is 10.5 Å². The Morgan fingerprint density at radius 3 is 2.44 bits per heavy atom. The fraction of sp³-hybridized carbons (Fsp3) is 0.650. The number of anilines is 1. The molecular formula is C20H33N3O3S. The molecule has 1 aromatic rings. The zero-order valence-electron chi connectivity index (χ0n) is 17.3. The van der Waals surface area contributed by atoms with Gasteiger partial charge in [0.05, 0.1) is 11.9 Å². The van der Waals surface area contributed by atoms with Crippen molar-refractivity contribution in [1.82, 2.24) is 10.3 Å². The number of ether oxygens (including phenoxy) is 1. The van der Waals surface area contributed by atoms with Gasteiger partial charge in [0, 0.05) is 6.20 Å². The second-order valence-electron chi connectivity index (χ2n) is 8.64. The third-order valence-electron chi connectivity index (χ3n) is 3.48. The van der Waals surface area contributed by atoms with Gasteiger partial charge in [-0.15, -0.1) is 0 Å². The standard InChI is InChI=1S/C20H33N3O3S/c1-19(2,3)10-13-27-12-9-16(23-18(25)26-20(4,5)6)17(24)22-15-8-7-11-21-14-15/h7-8,11,14,16H,9-10,12-13H2,1-6H3,(H,22,24)(H,23,25)/t16-/m0/s1. The van der Waals surface area contributed by atoms with Gasteiger partial charge in [0.25, 0.3) is 0 Å². The van der Waals surface area contributed by atoms with E-state index in [1.165, 1.54) is 0 Å². The highest BCUT2D eigenvalue weighted by molar-refractivity contribution is 7.99. The van der Waals surface area contributed by atoms with Gasteiger partial charge < -0.3 is 15.4 Å². The monoisotopic (exact) mass is 395 g/mol. The number of nitrogens with zero attached hydrogens (tertiary/aromatic N) is 1. The van der Waals surface area contributed by atoms with E-state index in [4.69, 9.17) is 4.74 Å². The highest BCUT2D eigenvalue weighted by Crippen LogP contribution is 2.22. The SMILES string of the molecule is CC(C)(C)CCSCC[C@H](NC(=O)OC(C)(C)C)C(=O)Nc1cccnc1. The number of pyridine rings is 1. The summed E-state index contributed by atoms with van der Waals surface area (Å²) < 4.78 is 5.29. The molecule has 0 aliphatic rings. The first kappa shape index (κ1) is 23.3. The van der Waals surface area contributed by atoms with Gasteiger partial charge in [-0.25, -0.2) is 4.79 Å². The molecule has 2 amide bonds. The van der Waals surface area contributed by atoms with Crippen molar-refractivity contribution < 1.29 is 14.3 Å². The van der Waals surface area contributed by atoms with Crippen molar-refractivity contribution in [2.75, 3.05) is 16.8 Å². The van der Waals surface area contributed by atoms with Gasteiger partial charge in [-0.2, -0.15) is 11.8 Å². The number of alkyl carbamates (subject to hydrolysis) is 1. The van der Waals surface area contributed by atoms with Crippen LogP contribution in [-0.4, -0.2) is 40.1 Å². The molecule has 0 radical (unpaired) electrons. The molecule has 0 unspecified atom stereocenters. The van der Waals surface area contributed by atoms with Crippen molar-refractivity contribution >= 4 is 29.4 Å². The first-order valence-corrected chi connectivity index (χ1v) is 10.4. The minimum absolute atomic E-state index is 0.273. The van der Waals surface area contributed by atoms with Gasteiger partial charge in [-0.1, -0.05) is 20.8 Å². The maximum Gasteiger partial charge on any atom is 0.408 e. The normalized spacial score (nSPS) is 13.0. The highest BCUT2D eigenvalue weighted by Gasteiger charge is 2.24. The van der Waals surface area contributed by atoms with E-state index in [9.17, 15) is 9.59 Å². The van der Waals surface area contributed by atoms with Crippen LogP contribution in [0, 0.1) is 5.41 Å². The summed E-state index contributed by atoms with van der Waals surface area (Å²) in [5, 5.41) is 5.49. The van der Waals surface area contributed by atoms with Crippen LogP contribution in [-0.2, 0) is 9.53 Å². The summed E-state index contributed by atoms with van der Waals surface area (Å²) >= 11 is 1.79. The molecule has 1 rings (SSSR count). The molecule has 27 heavy (non-hydrogen) atoms. The molecule has 0 bridgehead atoms. The maximum absolute atomic E-state index is 12.6. The van der Waals surface area contributed by atoms with E-state index in [1.807, 2.05) is 0 Å². The Morgan fingerprint density at radius 2 is 1.89 bits per heavy atom. The number of amides is 2. The van der Waals surface area contributed by atoms with Crippen LogP contribution in [0.15, 0.2) is 24.5 Å². The summed E-state index contributed by atoms with van der Waals surface area (Å²) in [4.78, 5) is 28.7. The van der Waals surface area contributed by atoms with Crippen molar-refractivity contribution in [3.63, 3.8) is 0 Å². The van der Waals surface area contributed by atoms with Gasteiger partial charge in [0.15, 0.2) is 0 Å². The van der Waals surface area contributed by atoms with Crippen LogP contribution in [0.2, 0.25) is 0 Å². The Morgan fingerprint density at radius 1 is 1.19 bits per heavy atom. The second kappa shape index (κ2) is 10.5. The van der Waals surface area contributed by atoms with Crippen LogP contribution >= 0.6 is 11.8 Å². The van der Waals surface area contributed by atoms with E-state index in [0.29, 0.717) is 17.5 Å².